The summed E-state index contributed by atoms with van der Waals surface area (Å²) in [4.78, 5) is 11.6. The van der Waals surface area contributed by atoms with E-state index >= 15 is 0 Å². The zero-order chi connectivity index (χ0) is 14.2. The first-order valence-corrected chi connectivity index (χ1v) is 6.29. The first kappa shape index (κ1) is 13.8. The van der Waals surface area contributed by atoms with E-state index in [9.17, 15) is 9.18 Å². The van der Waals surface area contributed by atoms with Gasteiger partial charge in [0.1, 0.15) is 5.82 Å². The maximum absolute atomic E-state index is 12.7. The summed E-state index contributed by atoms with van der Waals surface area (Å²) >= 11 is 0. The highest BCUT2D eigenvalue weighted by atomic mass is 19.1. The van der Waals surface area contributed by atoms with Crippen LogP contribution in [0.4, 0.5) is 4.39 Å². The second-order valence-corrected chi connectivity index (χ2v) is 4.25. The molecule has 0 radical (unpaired) electrons. The van der Waals surface area contributed by atoms with E-state index in [4.69, 9.17) is 0 Å². The molecule has 2 aromatic rings. The monoisotopic (exact) mass is 267 g/mol. The molecule has 0 fully saturated rings. The molecule has 0 aliphatic rings. The molecule has 0 atom stereocenters. The van der Waals surface area contributed by atoms with E-state index in [0.717, 1.165) is 11.1 Å². The van der Waals surface area contributed by atoms with Gasteiger partial charge < -0.3 is 5.32 Å². The van der Waals surface area contributed by atoms with E-state index in [-0.39, 0.29) is 18.1 Å². The minimum Gasteiger partial charge on any atom is -0.345 e. The van der Waals surface area contributed by atoms with E-state index in [1.807, 2.05) is 30.3 Å². The van der Waals surface area contributed by atoms with Crippen molar-refractivity contribution in [3.63, 3.8) is 0 Å². The van der Waals surface area contributed by atoms with Crippen LogP contribution in [0, 0.1) is 17.7 Å². The van der Waals surface area contributed by atoms with E-state index in [2.05, 4.69) is 17.2 Å². The van der Waals surface area contributed by atoms with Gasteiger partial charge in [-0.3, -0.25) is 4.79 Å². The second-order valence-electron chi connectivity index (χ2n) is 4.25. The van der Waals surface area contributed by atoms with Crippen molar-refractivity contribution in [2.24, 2.45) is 0 Å². The summed E-state index contributed by atoms with van der Waals surface area (Å²) in [7, 11) is 0. The molecule has 2 nitrogen and oxygen atoms in total. The van der Waals surface area contributed by atoms with Gasteiger partial charge in [0, 0.05) is 5.56 Å². The molecule has 0 bridgehead atoms. The molecule has 3 heteroatoms. The van der Waals surface area contributed by atoms with E-state index in [0.29, 0.717) is 6.54 Å². The number of halogens is 1. The number of carbonyl (C=O) groups excluding carboxylic acids is 1. The largest absolute Gasteiger partial charge is 0.345 e. The number of carbonyl (C=O) groups is 1. The Kier molecular flexibility index (Phi) is 4.91. The molecule has 0 saturated carbocycles. The maximum atomic E-state index is 12.7. The minimum atomic E-state index is -0.303. The summed E-state index contributed by atoms with van der Waals surface area (Å²) in [6.07, 6.45) is 0.229. The van der Waals surface area contributed by atoms with Gasteiger partial charge >= 0.3 is 0 Å². The molecule has 2 aromatic carbocycles. The third kappa shape index (κ3) is 4.58. The molecule has 0 heterocycles. The average Bonchev–Trinajstić information content (AvgIpc) is 2.47. The summed E-state index contributed by atoms with van der Waals surface area (Å²) in [5.74, 6) is 5.41. The Bertz CT molecular complexity index is 624. The lowest BCUT2D eigenvalue weighted by atomic mass is 10.1. The molecule has 0 spiro atoms. The third-order valence-electron chi connectivity index (χ3n) is 2.66. The van der Waals surface area contributed by atoms with Gasteiger partial charge in [0.2, 0.25) is 5.91 Å². The quantitative estimate of drug-likeness (QED) is 0.851. The van der Waals surface area contributed by atoms with Crippen molar-refractivity contribution in [2.45, 2.75) is 6.42 Å². The Morgan fingerprint density at radius 1 is 1.05 bits per heavy atom. The summed E-state index contributed by atoms with van der Waals surface area (Å²) < 4.78 is 12.7. The third-order valence-corrected chi connectivity index (χ3v) is 2.66. The molecular weight excluding hydrogens is 253 g/mol. The SMILES string of the molecule is O=C(Cc1ccc(F)cc1)NCC#Cc1ccccc1. The Hall–Kier alpha value is -2.60. The van der Waals surface area contributed by atoms with Crippen LogP contribution in [0.25, 0.3) is 0 Å². The van der Waals surface area contributed by atoms with Crippen molar-refractivity contribution in [3.8, 4) is 11.8 Å². The Morgan fingerprint density at radius 3 is 2.45 bits per heavy atom. The zero-order valence-corrected chi connectivity index (χ0v) is 10.9. The molecule has 0 saturated heterocycles. The van der Waals surface area contributed by atoms with Crippen LogP contribution in [-0.2, 0) is 11.2 Å². The number of benzene rings is 2. The van der Waals surface area contributed by atoms with Crippen LogP contribution in [0.1, 0.15) is 11.1 Å². The fourth-order valence-corrected chi connectivity index (χ4v) is 1.66. The first-order valence-electron chi connectivity index (χ1n) is 6.29. The van der Waals surface area contributed by atoms with Gasteiger partial charge in [0.05, 0.1) is 13.0 Å². The highest BCUT2D eigenvalue weighted by Gasteiger charge is 2.01. The van der Waals surface area contributed by atoms with Crippen LogP contribution in [-0.4, -0.2) is 12.5 Å². The topological polar surface area (TPSA) is 29.1 Å². The van der Waals surface area contributed by atoms with Gasteiger partial charge in [-0.1, -0.05) is 42.2 Å². The van der Waals surface area contributed by atoms with Gasteiger partial charge in [0.25, 0.3) is 0 Å². The van der Waals surface area contributed by atoms with Crippen LogP contribution in [0.2, 0.25) is 0 Å². The van der Waals surface area contributed by atoms with E-state index < -0.39 is 0 Å². The molecule has 0 aromatic heterocycles. The van der Waals surface area contributed by atoms with Crippen molar-refractivity contribution in [2.75, 3.05) is 6.54 Å². The fraction of sp³-hybridized carbons (Fsp3) is 0.118. The first-order chi connectivity index (χ1) is 9.74. The molecule has 2 rings (SSSR count). The molecule has 0 unspecified atom stereocenters. The highest BCUT2D eigenvalue weighted by Crippen LogP contribution is 2.03. The molecule has 1 amide bonds. The predicted octanol–water partition coefficient (Wildman–Crippen LogP) is 2.54. The van der Waals surface area contributed by atoms with Crippen molar-refractivity contribution < 1.29 is 9.18 Å². The molecule has 20 heavy (non-hydrogen) atoms. The molecule has 0 aliphatic heterocycles. The van der Waals surface area contributed by atoms with Crippen LogP contribution in [0.5, 0.6) is 0 Å². The number of hydrogen-bond acceptors (Lipinski definition) is 1. The Balaban J connectivity index is 1.78. The number of nitrogens with one attached hydrogen (secondary N) is 1. The number of hydrogen-bond donors (Lipinski definition) is 1. The van der Waals surface area contributed by atoms with Crippen LogP contribution in [0.3, 0.4) is 0 Å². The van der Waals surface area contributed by atoms with Crippen molar-refractivity contribution >= 4 is 5.91 Å². The van der Waals surface area contributed by atoms with E-state index in [1.165, 1.54) is 12.1 Å². The standard InChI is InChI=1S/C17H14FNO/c18-16-10-8-15(9-11-16)13-17(20)19-12-4-7-14-5-2-1-3-6-14/h1-3,5-6,8-11H,12-13H2,(H,19,20). The van der Waals surface area contributed by atoms with E-state index in [1.54, 1.807) is 12.1 Å². The van der Waals surface area contributed by atoms with Gasteiger partial charge in [-0.2, -0.15) is 0 Å². The normalized spacial score (nSPS) is 9.45. The predicted molar refractivity (Wildman–Crippen MR) is 76.4 cm³/mol. The number of amides is 1. The molecule has 1 N–H and O–H groups in total. The lowest BCUT2D eigenvalue weighted by molar-refractivity contribution is -0.120. The summed E-state index contributed by atoms with van der Waals surface area (Å²) in [5, 5.41) is 2.71. The minimum absolute atomic E-state index is 0.126. The summed E-state index contributed by atoms with van der Waals surface area (Å²) in [6.45, 7) is 0.301. The molecular formula is C17H14FNO. The maximum Gasteiger partial charge on any atom is 0.225 e. The van der Waals surface area contributed by atoms with Crippen LogP contribution in [0.15, 0.2) is 54.6 Å². The molecule has 100 valence electrons. The molecule has 0 aliphatic carbocycles. The Morgan fingerprint density at radius 2 is 1.75 bits per heavy atom. The summed E-state index contributed by atoms with van der Waals surface area (Å²) in [5.41, 5.74) is 1.69. The van der Waals surface area contributed by atoms with Crippen molar-refractivity contribution in [1.29, 1.82) is 0 Å². The van der Waals surface area contributed by atoms with Gasteiger partial charge in [0.15, 0.2) is 0 Å². The van der Waals surface area contributed by atoms with Gasteiger partial charge in [-0.05, 0) is 29.8 Å². The Labute approximate surface area is 117 Å². The second kappa shape index (κ2) is 7.10. The lowest BCUT2D eigenvalue weighted by Gasteiger charge is -2.01. The fourth-order valence-electron chi connectivity index (χ4n) is 1.66. The van der Waals surface area contributed by atoms with Gasteiger partial charge in [-0.25, -0.2) is 4.39 Å². The smallest absolute Gasteiger partial charge is 0.225 e. The highest BCUT2D eigenvalue weighted by molar-refractivity contribution is 5.78. The van der Waals surface area contributed by atoms with Gasteiger partial charge in [-0.15, -0.1) is 0 Å². The van der Waals surface area contributed by atoms with Crippen molar-refractivity contribution in [1.82, 2.24) is 5.32 Å². The lowest BCUT2D eigenvalue weighted by Crippen LogP contribution is -2.25. The number of rotatable bonds is 3. The van der Waals surface area contributed by atoms with Crippen LogP contribution >= 0.6 is 0 Å². The van der Waals surface area contributed by atoms with Crippen molar-refractivity contribution in [3.05, 3.63) is 71.5 Å². The van der Waals surface area contributed by atoms with Crippen LogP contribution < -0.4 is 5.32 Å². The average molecular weight is 267 g/mol. The summed E-state index contributed by atoms with van der Waals surface area (Å²) in [6, 6.07) is 15.5. The zero-order valence-electron chi connectivity index (χ0n) is 10.9.